The van der Waals surface area contributed by atoms with E-state index < -0.39 is 0 Å². The number of thioether (sulfide) groups is 1. The van der Waals surface area contributed by atoms with Crippen LogP contribution < -0.4 is 5.32 Å². The summed E-state index contributed by atoms with van der Waals surface area (Å²) in [4.78, 5) is 11.0. The van der Waals surface area contributed by atoms with Crippen molar-refractivity contribution < 1.29 is 9.53 Å². The van der Waals surface area contributed by atoms with Crippen molar-refractivity contribution in [3.63, 3.8) is 0 Å². The van der Waals surface area contributed by atoms with Gasteiger partial charge in [-0.2, -0.15) is 0 Å². The number of ether oxygens (including phenoxy) is 1. The van der Waals surface area contributed by atoms with Crippen molar-refractivity contribution in [2.75, 3.05) is 7.11 Å². The normalized spacial score (nSPS) is 25.1. The van der Waals surface area contributed by atoms with Crippen LogP contribution in [-0.2, 0) is 4.74 Å². The number of carbonyl (C=O) groups is 1. The van der Waals surface area contributed by atoms with Gasteiger partial charge in [-0.1, -0.05) is 0 Å². The number of hydrogen-bond acceptors (Lipinski definition) is 3. The molecule has 0 saturated heterocycles. The highest BCUT2D eigenvalue weighted by molar-refractivity contribution is 8.16. The molecule has 0 aromatic rings. The van der Waals surface area contributed by atoms with Crippen molar-refractivity contribution in [1.82, 2.24) is 5.32 Å². The number of nitrogens with one attached hydrogen (secondary N) is 1. The quantitative estimate of drug-likeness (QED) is 0.656. The zero-order valence-electron chi connectivity index (χ0n) is 6.59. The van der Waals surface area contributed by atoms with Gasteiger partial charge in [0.25, 0.3) is 5.24 Å². The van der Waals surface area contributed by atoms with Gasteiger partial charge in [-0.3, -0.25) is 4.79 Å². The lowest BCUT2D eigenvalue weighted by molar-refractivity contribution is 0.258. The maximum absolute atomic E-state index is 11.0. The second-order valence-electron chi connectivity index (χ2n) is 2.40. The molecule has 1 atom stereocenters. The van der Waals surface area contributed by atoms with Crippen molar-refractivity contribution in [3.05, 3.63) is 11.2 Å². The van der Waals surface area contributed by atoms with Crippen LogP contribution in [0.5, 0.6) is 0 Å². The Morgan fingerprint density at radius 1 is 1.82 bits per heavy atom. The van der Waals surface area contributed by atoms with Crippen LogP contribution in [0.3, 0.4) is 0 Å². The molecule has 0 aromatic heterocycles. The van der Waals surface area contributed by atoms with E-state index in [1.54, 1.807) is 7.11 Å². The minimum absolute atomic E-state index is 0.0388. The smallest absolute Gasteiger partial charge is 0.287 e. The fraction of sp³-hybridized carbons (Fsp3) is 0.571. The second-order valence-corrected chi connectivity index (χ2v) is 3.38. The topological polar surface area (TPSA) is 38.3 Å². The molecule has 1 rings (SSSR count). The summed E-state index contributed by atoms with van der Waals surface area (Å²) in [5.41, 5.74) is 0. The molecule has 1 N–H and O–H groups in total. The van der Waals surface area contributed by atoms with E-state index in [4.69, 9.17) is 4.74 Å². The zero-order chi connectivity index (χ0) is 8.27. The van der Waals surface area contributed by atoms with Crippen LogP contribution in [0.25, 0.3) is 0 Å². The molecular weight excluding hydrogens is 162 g/mol. The SMILES string of the molecule is COC1=CCC(C)NC(=O)S1. The number of methoxy groups -OCH3 is 1. The largest absolute Gasteiger partial charge is 0.490 e. The molecule has 0 bridgehead atoms. The maximum atomic E-state index is 11.0. The first-order valence-corrected chi connectivity index (χ1v) is 4.26. The molecule has 0 aromatic carbocycles. The van der Waals surface area contributed by atoms with Gasteiger partial charge in [0.2, 0.25) is 0 Å². The maximum Gasteiger partial charge on any atom is 0.287 e. The van der Waals surface area contributed by atoms with E-state index in [0.717, 1.165) is 18.2 Å². The first kappa shape index (κ1) is 8.46. The Hall–Kier alpha value is -0.640. The van der Waals surface area contributed by atoms with Crippen LogP contribution >= 0.6 is 11.8 Å². The molecule has 1 aliphatic heterocycles. The summed E-state index contributed by atoms with van der Waals surface area (Å²) in [7, 11) is 1.57. The van der Waals surface area contributed by atoms with E-state index in [9.17, 15) is 4.79 Å². The minimum atomic E-state index is -0.0388. The molecule has 3 nitrogen and oxygen atoms in total. The van der Waals surface area contributed by atoms with Gasteiger partial charge in [0.1, 0.15) is 0 Å². The van der Waals surface area contributed by atoms with Gasteiger partial charge in [0.05, 0.1) is 7.11 Å². The van der Waals surface area contributed by atoms with Crippen LogP contribution in [0.2, 0.25) is 0 Å². The molecule has 0 saturated carbocycles. The summed E-state index contributed by atoms with van der Waals surface area (Å²) in [5, 5.41) is 3.45. The highest BCUT2D eigenvalue weighted by Crippen LogP contribution is 2.21. The summed E-state index contributed by atoms with van der Waals surface area (Å²) < 4.78 is 4.95. The number of carbonyl (C=O) groups excluding carboxylic acids is 1. The van der Waals surface area contributed by atoms with E-state index in [0.29, 0.717) is 5.09 Å². The van der Waals surface area contributed by atoms with Crippen LogP contribution in [0.1, 0.15) is 13.3 Å². The monoisotopic (exact) mass is 173 g/mol. The van der Waals surface area contributed by atoms with Gasteiger partial charge >= 0.3 is 0 Å². The average Bonchev–Trinajstić information content (AvgIpc) is 2.11. The van der Waals surface area contributed by atoms with Gasteiger partial charge in [0, 0.05) is 17.8 Å². The van der Waals surface area contributed by atoms with Crippen LogP contribution in [0.4, 0.5) is 4.79 Å². The number of hydrogen-bond donors (Lipinski definition) is 1. The Bertz CT molecular complexity index is 191. The van der Waals surface area contributed by atoms with Crippen molar-refractivity contribution in [2.24, 2.45) is 0 Å². The fourth-order valence-electron chi connectivity index (χ4n) is 0.821. The predicted molar refractivity (Wildman–Crippen MR) is 45.3 cm³/mol. The lowest BCUT2D eigenvalue weighted by Gasteiger charge is -2.05. The van der Waals surface area contributed by atoms with E-state index >= 15 is 0 Å². The van der Waals surface area contributed by atoms with Crippen LogP contribution in [0.15, 0.2) is 11.2 Å². The van der Waals surface area contributed by atoms with Crippen LogP contribution in [0, 0.1) is 0 Å². The zero-order valence-corrected chi connectivity index (χ0v) is 7.40. The lowest BCUT2D eigenvalue weighted by atomic mass is 10.2. The Labute approximate surface area is 70.2 Å². The minimum Gasteiger partial charge on any atom is -0.490 e. The van der Waals surface area contributed by atoms with Crippen molar-refractivity contribution in [3.8, 4) is 0 Å². The molecule has 1 heterocycles. The van der Waals surface area contributed by atoms with Gasteiger partial charge in [-0.15, -0.1) is 0 Å². The molecule has 4 heteroatoms. The molecule has 0 aliphatic carbocycles. The van der Waals surface area contributed by atoms with Crippen molar-refractivity contribution in [1.29, 1.82) is 0 Å². The van der Waals surface area contributed by atoms with E-state index in [1.807, 2.05) is 13.0 Å². The number of amides is 1. The molecule has 1 aliphatic rings. The third kappa shape index (κ3) is 2.46. The van der Waals surface area contributed by atoms with E-state index in [1.165, 1.54) is 0 Å². The molecule has 0 radical (unpaired) electrons. The predicted octanol–water partition coefficient (Wildman–Crippen LogP) is 1.71. The standard InChI is InChI=1S/C7H11NO2S/c1-5-3-4-6(10-2)11-7(9)8-5/h4-5H,3H2,1-2H3,(H,8,9). The summed E-state index contributed by atoms with van der Waals surface area (Å²) in [5.74, 6) is 0. The summed E-state index contributed by atoms with van der Waals surface area (Å²) in [6.07, 6.45) is 2.76. The highest BCUT2D eigenvalue weighted by Gasteiger charge is 2.14. The average molecular weight is 173 g/mol. The molecule has 1 amide bonds. The molecule has 1 unspecified atom stereocenters. The molecule has 11 heavy (non-hydrogen) atoms. The van der Waals surface area contributed by atoms with Gasteiger partial charge in [-0.25, -0.2) is 0 Å². The summed E-state index contributed by atoms with van der Waals surface area (Å²) >= 11 is 1.10. The third-order valence-electron chi connectivity index (χ3n) is 1.40. The Balaban J connectivity index is 2.61. The third-order valence-corrected chi connectivity index (χ3v) is 2.23. The van der Waals surface area contributed by atoms with Crippen LogP contribution in [-0.4, -0.2) is 18.4 Å². The molecule has 0 fully saturated rings. The number of rotatable bonds is 1. The van der Waals surface area contributed by atoms with Gasteiger partial charge < -0.3 is 10.1 Å². The van der Waals surface area contributed by atoms with E-state index in [-0.39, 0.29) is 11.3 Å². The molecule has 0 spiro atoms. The molecular formula is C7H11NO2S. The van der Waals surface area contributed by atoms with Gasteiger partial charge in [0.15, 0.2) is 5.09 Å². The summed E-state index contributed by atoms with van der Waals surface area (Å²) in [6, 6.07) is 0.211. The lowest BCUT2D eigenvalue weighted by Crippen LogP contribution is -2.27. The first-order valence-electron chi connectivity index (χ1n) is 3.45. The molecule has 62 valence electrons. The van der Waals surface area contributed by atoms with E-state index in [2.05, 4.69) is 5.32 Å². The Kier molecular flexibility index (Phi) is 2.82. The van der Waals surface area contributed by atoms with Crippen molar-refractivity contribution in [2.45, 2.75) is 19.4 Å². The first-order chi connectivity index (χ1) is 5.22. The fourth-order valence-corrected chi connectivity index (χ4v) is 1.53. The Morgan fingerprint density at radius 3 is 3.18 bits per heavy atom. The Morgan fingerprint density at radius 2 is 2.55 bits per heavy atom. The second kappa shape index (κ2) is 3.67. The van der Waals surface area contributed by atoms with Gasteiger partial charge in [-0.05, 0) is 19.4 Å². The summed E-state index contributed by atoms with van der Waals surface area (Å²) in [6.45, 7) is 1.97. The highest BCUT2D eigenvalue weighted by atomic mass is 32.2. The van der Waals surface area contributed by atoms with Crippen molar-refractivity contribution >= 4 is 17.0 Å².